The first-order chi connectivity index (χ1) is 11.5. The van der Waals surface area contributed by atoms with E-state index in [9.17, 15) is 9.90 Å². The number of aliphatic imine (C=N–C) groups is 1. The van der Waals surface area contributed by atoms with Crippen molar-refractivity contribution in [1.82, 2.24) is 4.57 Å². The van der Waals surface area contributed by atoms with Crippen LogP contribution in [-0.2, 0) is 13.5 Å². The van der Waals surface area contributed by atoms with E-state index in [0.29, 0.717) is 5.92 Å². The second kappa shape index (κ2) is 7.03. The van der Waals surface area contributed by atoms with E-state index in [2.05, 4.69) is 30.1 Å². The molecule has 2 heterocycles. The van der Waals surface area contributed by atoms with Gasteiger partial charge in [0.25, 0.3) is 0 Å². The van der Waals surface area contributed by atoms with Crippen molar-refractivity contribution in [3.63, 3.8) is 0 Å². The molecule has 0 spiro atoms. The van der Waals surface area contributed by atoms with Gasteiger partial charge in [0.05, 0.1) is 15.8 Å². The first-order valence-corrected chi connectivity index (χ1v) is 9.27. The minimum atomic E-state index is -0.175. The van der Waals surface area contributed by atoms with Crippen LogP contribution in [-0.4, -0.2) is 28.0 Å². The van der Waals surface area contributed by atoms with E-state index in [1.165, 1.54) is 16.9 Å². The maximum Gasteiger partial charge on any atom is 0.307 e. The molecule has 1 aromatic heterocycles. The third kappa shape index (κ3) is 3.37. The molecule has 0 saturated heterocycles. The molecule has 1 aromatic carbocycles. The average Bonchev–Trinajstić information content (AvgIpc) is 3.12. The SMILES string of the molecule is Cn1c(=O)sc2cc(CCCC(CCO)C3(C)C=CC=N3)ccc21. The van der Waals surface area contributed by atoms with E-state index in [1.807, 2.05) is 25.4 Å². The number of aliphatic hydroxyl groups is 1. The summed E-state index contributed by atoms with van der Waals surface area (Å²) >= 11 is 1.31. The smallest absolute Gasteiger partial charge is 0.307 e. The van der Waals surface area contributed by atoms with Crippen LogP contribution in [0.2, 0.25) is 0 Å². The lowest BCUT2D eigenvalue weighted by atomic mass is 9.80. The van der Waals surface area contributed by atoms with Gasteiger partial charge in [0.2, 0.25) is 0 Å². The van der Waals surface area contributed by atoms with Gasteiger partial charge in [-0.05, 0) is 62.3 Å². The van der Waals surface area contributed by atoms with Gasteiger partial charge in [-0.1, -0.05) is 23.5 Å². The quantitative estimate of drug-likeness (QED) is 0.838. The number of fused-ring (bicyclic) bond motifs is 1. The fourth-order valence-electron chi connectivity index (χ4n) is 3.50. The molecule has 3 rings (SSSR count). The highest BCUT2D eigenvalue weighted by Crippen LogP contribution is 2.33. The van der Waals surface area contributed by atoms with Gasteiger partial charge in [-0.3, -0.25) is 9.79 Å². The Hall–Kier alpha value is -1.72. The van der Waals surface area contributed by atoms with E-state index in [-0.39, 0.29) is 17.0 Å². The molecule has 2 atom stereocenters. The van der Waals surface area contributed by atoms with Crippen LogP contribution < -0.4 is 4.87 Å². The number of thiazole rings is 1. The van der Waals surface area contributed by atoms with Gasteiger partial charge in [0.15, 0.2) is 0 Å². The summed E-state index contributed by atoms with van der Waals surface area (Å²) < 4.78 is 2.76. The van der Waals surface area contributed by atoms with Gasteiger partial charge in [0, 0.05) is 19.9 Å². The summed E-state index contributed by atoms with van der Waals surface area (Å²) in [5.41, 5.74) is 2.10. The number of hydrogen-bond acceptors (Lipinski definition) is 4. The number of aryl methyl sites for hydroxylation is 2. The van der Waals surface area contributed by atoms with Crippen LogP contribution in [0.4, 0.5) is 0 Å². The van der Waals surface area contributed by atoms with Crippen LogP contribution in [0.3, 0.4) is 0 Å². The Labute approximate surface area is 146 Å². The first-order valence-electron chi connectivity index (χ1n) is 8.46. The summed E-state index contributed by atoms with van der Waals surface area (Å²) in [6, 6.07) is 6.29. The van der Waals surface area contributed by atoms with E-state index >= 15 is 0 Å². The number of nitrogens with zero attached hydrogens (tertiary/aromatic N) is 2. The summed E-state index contributed by atoms with van der Waals surface area (Å²) in [7, 11) is 1.82. The topological polar surface area (TPSA) is 54.6 Å². The van der Waals surface area contributed by atoms with E-state index in [4.69, 9.17) is 0 Å². The van der Waals surface area contributed by atoms with Crippen LogP contribution in [0.1, 0.15) is 31.7 Å². The van der Waals surface area contributed by atoms with Gasteiger partial charge in [-0.25, -0.2) is 0 Å². The summed E-state index contributed by atoms with van der Waals surface area (Å²) in [5.74, 6) is 0.356. The molecule has 0 saturated carbocycles. The van der Waals surface area contributed by atoms with Crippen molar-refractivity contribution in [1.29, 1.82) is 0 Å². The van der Waals surface area contributed by atoms with Crippen LogP contribution in [0.15, 0.2) is 40.1 Å². The van der Waals surface area contributed by atoms with Crippen molar-refractivity contribution < 1.29 is 5.11 Å². The molecule has 4 nitrogen and oxygen atoms in total. The van der Waals surface area contributed by atoms with Gasteiger partial charge in [-0.2, -0.15) is 0 Å². The number of hydrogen-bond donors (Lipinski definition) is 1. The van der Waals surface area contributed by atoms with Crippen molar-refractivity contribution in [3.05, 3.63) is 45.6 Å². The van der Waals surface area contributed by atoms with Gasteiger partial charge in [-0.15, -0.1) is 0 Å². The van der Waals surface area contributed by atoms with Crippen molar-refractivity contribution in [2.24, 2.45) is 18.0 Å². The summed E-state index contributed by atoms with van der Waals surface area (Å²) in [5, 5.41) is 9.37. The molecule has 1 N–H and O–H groups in total. The molecule has 0 amide bonds. The molecule has 2 unspecified atom stereocenters. The molecule has 2 aromatic rings. The summed E-state index contributed by atoms with van der Waals surface area (Å²) in [6.07, 6.45) is 9.83. The molecular formula is C19H24N2O2S. The molecule has 1 aliphatic heterocycles. The summed E-state index contributed by atoms with van der Waals surface area (Å²) in [4.78, 5) is 16.4. The standard InChI is InChI=1S/C19H24N2O2S/c1-19(10-4-11-20-19)15(9-12-22)6-3-5-14-7-8-16-17(13-14)24-18(23)21(16)2/h4,7-8,10-11,13,15,22H,3,5-6,9,12H2,1-2H3. The molecule has 1 aliphatic rings. The summed E-state index contributed by atoms with van der Waals surface area (Å²) in [6.45, 7) is 2.34. The number of rotatable bonds is 7. The van der Waals surface area contributed by atoms with Crippen LogP contribution in [0.5, 0.6) is 0 Å². The predicted octanol–water partition coefficient (Wildman–Crippen LogP) is 3.32. The minimum absolute atomic E-state index is 0.0870. The van der Waals surface area contributed by atoms with E-state index < -0.39 is 0 Å². The fourth-order valence-corrected chi connectivity index (χ4v) is 4.44. The van der Waals surface area contributed by atoms with Crippen LogP contribution in [0, 0.1) is 5.92 Å². The maximum absolute atomic E-state index is 11.7. The van der Waals surface area contributed by atoms with Crippen molar-refractivity contribution in [2.75, 3.05) is 6.61 Å². The maximum atomic E-state index is 11.7. The normalized spacial score (nSPS) is 21.0. The average molecular weight is 344 g/mol. The molecule has 0 radical (unpaired) electrons. The number of allylic oxidation sites excluding steroid dienone is 1. The first kappa shape index (κ1) is 17.1. The zero-order chi connectivity index (χ0) is 17.2. The van der Waals surface area contributed by atoms with Crippen molar-refractivity contribution in [3.8, 4) is 0 Å². The fraction of sp³-hybridized carbons (Fsp3) is 0.474. The molecule has 5 heteroatoms. The van der Waals surface area contributed by atoms with Crippen molar-refractivity contribution in [2.45, 2.75) is 38.1 Å². The van der Waals surface area contributed by atoms with Crippen LogP contribution >= 0.6 is 11.3 Å². The minimum Gasteiger partial charge on any atom is -0.396 e. The third-order valence-electron chi connectivity index (χ3n) is 5.05. The monoisotopic (exact) mass is 344 g/mol. The zero-order valence-electron chi connectivity index (χ0n) is 14.2. The zero-order valence-corrected chi connectivity index (χ0v) is 15.1. The molecule has 128 valence electrons. The number of benzene rings is 1. The second-order valence-electron chi connectivity index (χ2n) is 6.69. The molecule has 0 bridgehead atoms. The highest BCUT2D eigenvalue weighted by atomic mass is 32.1. The Morgan fingerprint density at radius 3 is 2.92 bits per heavy atom. The number of aliphatic hydroxyl groups excluding tert-OH is 1. The molecular weight excluding hydrogens is 320 g/mol. The molecule has 0 fully saturated rings. The van der Waals surface area contributed by atoms with E-state index in [1.54, 1.807) is 4.57 Å². The predicted molar refractivity (Wildman–Crippen MR) is 101 cm³/mol. The highest BCUT2D eigenvalue weighted by molar-refractivity contribution is 7.16. The lowest BCUT2D eigenvalue weighted by molar-refractivity contribution is 0.217. The number of aromatic nitrogens is 1. The molecule has 24 heavy (non-hydrogen) atoms. The Bertz CT molecular complexity index is 819. The second-order valence-corrected chi connectivity index (χ2v) is 7.69. The lowest BCUT2D eigenvalue weighted by Gasteiger charge is -2.29. The lowest BCUT2D eigenvalue weighted by Crippen LogP contribution is -2.30. The molecule has 0 aliphatic carbocycles. The Balaban J connectivity index is 1.65. The Morgan fingerprint density at radius 1 is 1.38 bits per heavy atom. The van der Waals surface area contributed by atoms with E-state index in [0.717, 1.165) is 35.9 Å². The Kier molecular flexibility index (Phi) is 5.01. The van der Waals surface area contributed by atoms with Gasteiger partial charge < -0.3 is 9.67 Å². The van der Waals surface area contributed by atoms with Gasteiger partial charge in [0.1, 0.15) is 0 Å². The van der Waals surface area contributed by atoms with Crippen LogP contribution in [0.25, 0.3) is 10.2 Å². The Morgan fingerprint density at radius 2 is 2.21 bits per heavy atom. The third-order valence-corrected chi connectivity index (χ3v) is 6.05. The van der Waals surface area contributed by atoms with Crippen molar-refractivity contribution >= 4 is 27.8 Å². The van der Waals surface area contributed by atoms with Gasteiger partial charge >= 0.3 is 4.87 Å². The largest absolute Gasteiger partial charge is 0.396 e. The highest BCUT2D eigenvalue weighted by Gasteiger charge is 2.31.